The van der Waals surface area contributed by atoms with Crippen LogP contribution in [0.2, 0.25) is 5.02 Å². The Morgan fingerprint density at radius 3 is 2.55 bits per heavy atom. The topological polar surface area (TPSA) is 29.5 Å². The summed E-state index contributed by atoms with van der Waals surface area (Å²) in [6, 6.07) is 15.3. The second-order valence-corrected chi connectivity index (χ2v) is 5.67. The van der Waals surface area contributed by atoms with E-state index in [2.05, 4.69) is 0 Å². The molecule has 0 radical (unpaired) electrons. The summed E-state index contributed by atoms with van der Waals surface area (Å²) in [5.74, 6) is 0.881. The summed E-state index contributed by atoms with van der Waals surface area (Å²) in [6.45, 7) is 0. The largest absolute Gasteiger partial charge is 0.490 e. The van der Waals surface area contributed by atoms with Crippen LogP contribution in [0.4, 0.5) is 0 Å². The second kappa shape index (κ2) is 5.86. The molecule has 2 nitrogen and oxygen atoms in total. The lowest BCUT2D eigenvalue weighted by Gasteiger charge is -2.12. The molecule has 2 aromatic rings. The zero-order valence-corrected chi connectivity index (χ0v) is 11.9. The standard InChI is InChI=1S/C17H17ClO2/c18-14-3-1-2-12(10-14)11-17(19)13-4-6-15(7-5-13)20-16-8-9-16/h1-7,10,16-17,19H,8-9,11H2. The van der Waals surface area contributed by atoms with Crippen molar-refractivity contribution in [2.75, 3.05) is 0 Å². The Morgan fingerprint density at radius 1 is 1.15 bits per heavy atom. The van der Waals surface area contributed by atoms with E-state index in [0.717, 1.165) is 29.7 Å². The molecule has 2 aromatic carbocycles. The predicted molar refractivity (Wildman–Crippen MR) is 80.2 cm³/mol. The molecule has 1 atom stereocenters. The quantitative estimate of drug-likeness (QED) is 0.895. The molecule has 3 rings (SSSR count). The van der Waals surface area contributed by atoms with E-state index in [1.54, 1.807) is 0 Å². The molecule has 1 saturated carbocycles. The van der Waals surface area contributed by atoms with Gasteiger partial charge in [-0.25, -0.2) is 0 Å². The molecular formula is C17H17ClO2. The molecule has 1 N–H and O–H groups in total. The maximum absolute atomic E-state index is 10.3. The summed E-state index contributed by atoms with van der Waals surface area (Å²) in [4.78, 5) is 0. The van der Waals surface area contributed by atoms with Gasteiger partial charge in [0.25, 0.3) is 0 Å². The maximum atomic E-state index is 10.3. The average molecular weight is 289 g/mol. The number of halogens is 1. The lowest BCUT2D eigenvalue weighted by atomic mass is 10.0. The van der Waals surface area contributed by atoms with Gasteiger partial charge in [0, 0.05) is 11.4 Å². The molecule has 1 fully saturated rings. The van der Waals surface area contributed by atoms with Gasteiger partial charge in [-0.15, -0.1) is 0 Å². The summed E-state index contributed by atoms with van der Waals surface area (Å²) in [6.07, 6.45) is 2.74. The van der Waals surface area contributed by atoms with Crippen molar-refractivity contribution in [3.8, 4) is 5.75 Å². The number of benzene rings is 2. The summed E-state index contributed by atoms with van der Waals surface area (Å²) < 4.78 is 5.69. The van der Waals surface area contributed by atoms with E-state index in [1.165, 1.54) is 0 Å². The number of aliphatic hydroxyl groups excluding tert-OH is 1. The minimum absolute atomic E-state index is 0.400. The molecule has 0 spiro atoms. The predicted octanol–water partition coefficient (Wildman–Crippen LogP) is 4.16. The van der Waals surface area contributed by atoms with Gasteiger partial charge in [0.1, 0.15) is 5.75 Å². The van der Waals surface area contributed by atoms with Gasteiger partial charge in [0.05, 0.1) is 12.2 Å². The fraction of sp³-hybridized carbons (Fsp3) is 0.294. The maximum Gasteiger partial charge on any atom is 0.119 e. The van der Waals surface area contributed by atoms with Crippen molar-refractivity contribution in [1.29, 1.82) is 0 Å². The van der Waals surface area contributed by atoms with E-state index >= 15 is 0 Å². The highest BCUT2D eigenvalue weighted by Crippen LogP contribution is 2.28. The van der Waals surface area contributed by atoms with E-state index in [0.29, 0.717) is 17.5 Å². The highest BCUT2D eigenvalue weighted by molar-refractivity contribution is 6.30. The molecule has 1 unspecified atom stereocenters. The molecule has 0 bridgehead atoms. The molecule has 0 aromatic heterocycles. The third-order valence-electron chi connectivity index (χ3n) is 3.41. The van der Waals surface area contributed by atoms with Gasteiger partial charge in [0.2, 0.25) is 0 Å². The molecule has 0 saturated heterocycles. The Morgan fingerprint density at radius 2 is 1.90 bits per heavy atom. The van der Waals surface area contributed by atoms with E-state index in [-0.39, 0.29) is 0 Å². The summed E-state index contributed by atoms with van der Waals surface area (Å²) in [5, 5.41) is 11.0. The van der Waals surface area contributed by atoms with Crippen molar-refractivity contribution < 1.29 is 9.84 Å². The van der Waals surface area contributed by atoms with E-state index < -0.39 is 6.10 Å². The summed E-state index contributed by atoms with van der Waals surface area (Å²) >= 11 is 5.95. The van der Waals surface area contributed by atoms with Gasteiger partial charge in [-0.1, -0.05) is 35.9 Å². The van der Waals surface area contributed by atoms with Crippen LogP contribution in [0.15, 0.2) is 48.5 Å². The first kappa shape index (κ1) is 13.5. The van der Waals surface area contributed by atoms with E-state index in [4.69, 9.17) is 16.3 Å². The van der Waals surface area contributed by atoms with Crippen molar-refractivity contribution >= 4 is 11.6 Å². The fourth-order valence-corrected chi connectivity index (χ4v) is 2.36. The minimum atomic E-state index is -0.525. The third kappa shape index (κ3) is 3.53. The molecule has 0 amide bonds. The lowest BCUT2D eigenvalue weighted by molar-refractivity contribution is 0.178. The van der Waals surface area contributed by atoms with Crippen LogP contribution in [0.1, 0.15) is 30.1 Å². The number of aliphatic hydroxyl groups is 1. The lowest BCUT2D eigenvalue weighted by Crippen LogP contribution is -2.02. The van der Waals surface area contributed by atoms with Crippen molar-refractivity contribution in [3.05, 3.63) is 64.7 Å². The first-order chi connectivity index (χ1) is 9.70. The SMILES string of the molecule is OC(Cc1cccc(Cl)c1)c1ccc(OC2CC2)cc1. The Hall–Kier alpha value is -1.51. The summed E-state index contributed by atoms with van der Waals surface area (Å²) in [7, 11) is 0. The number of rotatable bonds is 5. The zero-order chi connectivity index (χ0) is 13.9. The molecule has 104 valence electrons. The minimum Gasteiger partial charge on any atom is -0.490 e. The molecular weight excluding hydrogens is 272 g/mol. The fourth-order valence-electron chi connectivity index (χ4n) is 2.15. The van der Waals surface area contributed by atoms with Crippen LogP contribution < -0.4 is 4.74 Å². The Kier molecular flexibility index (Phi) is 3.95. The molecule has 3 heteroatoms. The van der Waals surface area contributed by atoms with Crippen LogP contribution in [0.5, 0.6) is 5.75 Å². The molecule has 20 heavy (non-hydrogen) atoms. The van der Waals surface area contributed by atoms with Crippen LogP contribution in [0, 0.1) is 0 Å². The Balaban J connectivity index is 1.65. The van der Waals surface area contributed by atoms with Crippen molar-refractivity contribution in [1.82, 2.24) is 0 Å². The first-order valence-electron chi connectivity index (χ1n) is 6.90. The summed E-state index contributed by atoms with van der Waals surface area (Å²) in [5.41, 5.74) is 1.93. The number of ether oxygens (including phenoxy) is 1. The highest BCUT2D eigenvalue weighted by Gasteiger charge is 2.23. The van der Waals surface area contributed by atoms with Crippen LogP contribution in [0.3, 0.4) is 0 Å². The zero-order valence-electron chi connectivity index (χ0n) is 11.1. The van der Waals surface area contributed by atoms with Crippen LogP contribution in [-0.2, 0) is 6.42 Å². The highest BCUT2D eigenvalue weighted by atomic mass is 35.5. The van der Waals surface area contributed by atoms with E-state index in [1.807, 2.05) is 48.5 Å². The molecule has 0 aliphatic heterocycles. The molecule has 1 aliphatic rings. The Bertz CT molecular complexity index is 576. The van der Waals surface area contributed by atoms with Gasteiger partial charge in [-0.2, -0.15) is 0 Å². The Labute approximate surface area is 124 Å². The van der Waals surface area contributed by atoms with E-state index in [9.17, 15) is 5.11 Å². The van der Waals surface area contributed by atoms with Gasteiger partial charge in [0.15, 0.2) is 0 Å². The van der Waals surface area contributed by atoms with Crippen molar-refractivity contribution in [2.45, 2.75) is 31.5 Å². The van der Waals surface area contributed by atoms with Crippen LogP contribution in [-0.4, -0.2) is 11.2 Å². The average Bonchev–Trinajstić information content (AvgIpc) is 3.23. The number of hydrogen-bond donors (Lipinski definition) is 1. The van der Waals surface area contributed by atoms with Crippen LogP contribution in [0.25, 0.3) is 0 Å². The normalized spacial score (nSPS) is 15.9. The van der Waals surface area contributed by atoms with Gasteiger partial charge in [-0.05, 0) is 48.2 Å². The van der Waals surface area contributed by atoms with Crippen LogP contribution >= 0.6 is 11.6 Å². The van der Waals surface area contributed by atoms with Gasteiger partial charge in [-0.3, -0.25) is 0 Å². The van der Waals surface area contributed by atoms with Crippen molar-refractivity contribution in [3.63, 3.8) is 0 Å². The first-order valence-corrected chi connectivity index (χ1v) is 7.27. The third-order valence-corrected chi connectivity index (χ3v) is 3.65. The monoisotopic (exact) mass is 288 g/mol. The van der Waals surface area contributed by atoms with Crippen molar-refractivity contribution in [2.24, 2.45) is 0 Å². The smallest absolute Gasteiger partial charge is 0.119 e. The van der Waals surface area contributed by atoms with Gasteiger partial charge >= 0.3 is 0 Å². The molecule has 0 heterocycles. The second-order valence-electron chi connectivity index (χ2n) is 5.24. The number of hydrogen-bond acceptors (Lipinski definition) is 2. The van der Waals surface area contributed by atoms with Gasteiger partial charge < -0.3 is 9.84 Å². The molecule has 1 aliphatic carbocycles.